The summed E-state index contributed by atoms with van der Waals surface area (Å²) in [6, 6.07) is 27.1. The number of benzene rings is 3. The van der Waals surface area contributed by atoms with Crippen molar-refractivity contribution in [3.8, 4) is 5.75 Å². The lowest BCUT2D eigenvalue weighted by Crippen LogP contribution is -2.09. The van der Waals surface area contributed by atoms with Crippen LogP contribution in [0.5, 0.6) is 5.75 Å². The van der Waals surface area contributed by atoms with Gasteiger partial charge in [-0.05, 0) is 48.6 Å². The van der Waals surface area contributed by atoms with Crippen molar-refractivity contribution in [2.24, 2.45) is 0 Å². The van der Waals surface area contributed by atoms with Gasteiger partial charge < -0.3 is 9.30 Å². The fourth-order valence-electron chi connectivity index (χ4n) is 3.68. The Bertz CT molecular complexity index is 1080. The Kier molecular flexibility index (Phi) is 6.06. The molecule has 1 heterocycles. The number of imidazole rings is 1. The summed E-state index contributed by atoms with van der Waals surface area (Å²) < 4.78 is 8.48. The van der Waals surface area contributed by atoms with Crippen LogP contribution in [0.2, 0.25) is 0 Å². The minimum atomic E-state index is 0.453. The molecule has 3 heteroatoms. The van der Waals surface area contributed by atoms with Crippen LogP contribution in [0.15, 0.2) is 91.5 Å². The lowest BCUT2D eigenvalue weighted by Gasteiger charge is -2.12. The first-order chi connectivity index (χ1) is 14.3. The van der Waals surface area contributed by atoms with Crippen molar-refractivity contribution in [2.45, 2.75) is 32.4 Å². The molecule has 0 saturated heterocycles. The lowest BCUT2D eigenvalue weighted by atomic mass is 10.1. The summed E-state index contributed by atoms with van der Waals surface area (Å²) in [5.41, 5.74) is 4.70. The van der Waals surface area contributed by atoms with E-state index in [1.807, 2.05) is 30.3 Å². The Morgan fingerprint density at radius 3 is 2.52 bits per heavy atom. The minimum Gasteiger partial charge on any atom is -0.485 e. The van der Waals surface area contributed by atoms with E-state index in [9.17, 15) is 0 Å². The second-order valence-corrected chi connectivity index (χ2v) is 7.15. The average molecular weight is 383 g/mol. The van der Waals surface area contributed by atoms with Crippen LogP contribution < -0.4 is 4.74 Å². The molecule has 0 unspecified atom stereocenters. The van der Waals surface area contributed by atoms with Gasteiger partial charge in [0.1, 0.15) is 18.2 Å². The van der Waals surface area contributed by atoms with Crippen LogP contribution in [0, 0.1) is 0 Å². The van der Waals surface area contributed by atoms with Crippen LogP contribution in [-0.4, -0.2) is 9.55 Å². The molecule has 4 aromatic rings. The Balaban J connectivity index is 1.52. The zero-order valence-corrected chi connectivity index (χ0v) is 16.6. The van der Waals surface area contributed by atoms with Gasteiger partial charge in [-0.2, -0.15) is 0 Å². The van der Waals surface area contributed by atoms with Crippen molar-refractivity contribution in [1.29, 1.82) is 0 Å². The molecule has 1 aromatic heterocycles. The lowest BCUT2D eigenvalue weighted by molar-refractivity contribution is 0.287. The van der Waals surface area contributed by atoms with Gasteiger partial charge in [-0.15, -0.1) is 6.58 Å². The summed E-state index contributed by atoms with van der Waals surface area (Å²) in [6.07, 6.45) is 4.81. The Morgan fingerprint density at radius 2 is 1.66 bits per heavy atom. The van der Waals surface area contributed by atoms with Gasteiger partial charge in [-0.25, -0.2) is 4.98 Å². The smallest absolute Gasteiger partial charge is 0.147 e. The zero-order chi connectivity index (χ0) is 19.9. The number of hydrogen-bond donors (Lipinski definition) is 0. The Hall–Kier alpha value is -3.33. The van der Waals surface area contributed by atoms with Crippen molar-refractivity contribution < 1.29 is 4.74 Å². The van der Waals surface area contributed by atoms with Crippen molar-refractivity contribution in [2.75, 3.05) is 0 Å². The minimum absolute atomic E-state index is 0.453. The molecule has 0 fully saturated rings. The van der Waals surface area contributed by atoms with E-state index in [2.05, 4.69) is 65.7 Å². The molecule has 29 heavy (non-hydrogen) atoms. The molecule has 0 aliphatic rings. The van der Waals surface area contributed by atoms with Crippen LogP contribution >= 0.6 is 0 Å². The molecule has 0 saturated carbocycles. The Labute approximate surface area is 172 Å². The highest BCUT2D eigenvalue weighted by Crippen LogP contribution is 2.22. The molecular formula is C26H26N2O. The van der Waals surface area contributed by atoms with Gasteiger partial charge in [0.25, 0.3) is 0 Å². The van der Waals surface area contributed by atoms with E-state index in [-0.39, 0.29) is 0 Å². The van der Waals surface area contributed by atoms with Crippen LogP contribution in [0.1, 0.15) is 23.4 Å². The van der Waals surface area contributed by atoms with Gasteiger partial charge in [0, 0.05) is 6.54 Å². The SMILES string of the molecule is C=CCc1ccccc1OCc1nc2ccccc2n1CCCc1ccccc1. The molecule has 4 rings (SSSR count). The van der Waals surface area contributed by atoms with Crippen LogP contribution in [0.4, 0.5) is 0 Å². The quantitative estimate of drug-likeness (QED) is 0.333. The maximum atomic E-state index is 6.18. The maximum absolute atomic E-state index is 6.18. The monoisotopic (exact) mass is 382 g/mol. The van der Waals surface area contributed by atoms with Gasteiger partial charge in [0.2, 0.25) is 0 Å². The summed E-state index contributed by atoms with van der Waals surface area (Å²) in [4.78, 5) is 4.85. The summed E-state index contributed by atoms with van der Waals surface area (Å²) in [7, 11) is 0. The van der Waals surface area contributed by atoms with Gasteiger partial charge in [0.15, 0.2) is 0 Å². The number of rotatable bonds is 9. The maximum Gasteiger partial charge on any atom is 0.147 e. The van der Waals surface area contributed by atoms with Gasteiger partial charge >= 0.3 is 0 Å². The van der Waals surface area contributed by atoms with Crippen LogP contribution in [0.3, 0.4) is 0 Å². The highest BCUT2D eigenvalue weighted by atomic mass is 16.5. The van der Waals surface area contributed by atoms with Crippen molar-refractivity contribution in [3.05, 3.63) is 108 Å². The van der Waals surface area contributed by atoms with E-state index < -0.39 is 0 Å². The third-order valence-electron chi connectivity index (χ3n) is 5.12. The first kappa shape index (κ1) is 19.0. The third kappa shape index (κ3) is 4.57. The molecule has 0 atom stereocenters. The van der Waals surface area contributed by atoms with E-state index in [0.717, 1.165) is 48.5 Å². The summed E-state index contributed by atoms with van der Waals surface area (Å²) in [5.74, 6) is 1.86. The predicted octanol–water partition coefficient (Wildman–Crippen LogP) is 5.98. The van der Waals surface area contributed by atoms with Crippen LogP contribution in [0.25, 0.3) is 11.0 Å². The summed E-state index contributed by atoms with van der Waals surface area (Å²) in [6.45, 7) is 5.22. The normalized spacial score (nSPS) is 10.9. The average Bonchev–Trinajstić information content (AvgIpc) is 3.12. The van der Waals surface area contributed by atoms with Crippen molar-refractivity contribution in [3.63, 3.8) is 0 Å². The number of aryl methyl sites for hydroxylation is 2. The van der Waals surface area contributed by atoms with E-state index in [1.54, 1.807) is 0 Å². The van der Waals surface area contributed by atoms with E-state index in [0.29, 0.717) is 6.61 Å². The number of para-hydroxylation sites is 3. The fraction of sp³-hybridized carbons (Fsp3) is 0.192. The van der Waals surface area contributed by atoms with Crippen LogP contribution in [-0.2, 0) is 26.0 Å². The van der Waals surface area contributed by atoms with Gasteiger partial charge in [-0.1, -0.05) is 66.7 Å². The Morgan fingerprint density at radius 1 is 0.897 bits per heavy atom. The number of aromatic nitrogens is 2. The molecule has 0 aliphatic heterocycles. The standard InChI is InChI=1S/C26H26N2O/c1-2-11-22-15-6-9-18-25(22)29-20-26-27-23-16-7-8-17-24(23)28(26)19-10-14-21-12-4-3-5-13-21/h2-9,12-13,15-18H,1,10-11,14,19-20H2. The molecule has 3 nitrogen and oxygen atoms in total. The number of nitrogens with zero attached hydrogens (tertiary/aromatic N) is 2. The summed E-state index contributed by atoms with van der Waals surface area (Å²) in [5, 5.41) is 0. The summed E-state index contributed by atoms with van der Waals surface area (Å²) >= 11 is 0. The predicted molar refractivity (Wildman–Crippen MR) is 119 cm³/mol. The molecule has 3 aromatic carbocycles. The molecule has 146 valence electrons. The van der Waals surface area contributed by atoms with Crippen molar-refractivity contribution in [1.82, 2.24) is 9.55 Å². The fourth-order valence-corrected chi connectivity index (χ4v) is 3.68. The molecule has 0 N–H and O–H groups in total. The zero-order valence-electron chi connectivity index (χ0n) is 16.6. The van der Waals surface area contributed by atoms with E-state index in [1.165, 1.54) is 11.1 Å². The molecule has 0 amide bonds. The second kappa shape index (κ2) is 9.24. The number of hydrogen-bond acceptors (Lipinski definition) is 2. The van der Waals surface area contributed by atoms with Gasteiger partial charge in [-0.3, -0.25) is 0 Å². The largest absolute Gasteiger partial charge is 0.485 e. The van der Waals surface area contributed by atoms with Gasteiger partial charge in [0.05, 0.1) is 11.0 Å². The molecule has 0 spiro atoms. The second-order valence-electron chi connectivity index (χ2n) is 7.15. The first-order valence-electron chi connectivity index (χ1n) is 10.1. The number of allylic oxidation sites excluding steroid dienone is 1. The highest BCUT2D eigenvalue weighted by Gasteiger charge is 2.12. The molecule has 0 radical (unpaired) electrons. The molecule has 0 aliphatic carbocycles. The van der Waals surface area contributed by atoms with E-state index >= 15 is 0 Å². The van der Waals surface area contributed by atoms with E-state index in [4.69, 9.17) is 9.72 Å². The molecule has 0 bridgehead atoms. The molecular weight excluding hydrogens is 356 g/mol. The third-order valence-corrected chi connectivity index (χ3v) is 5.12. The highest BCUT2D eigenvalue weighted by molar-refractivity contribution is 5.75. The first-order valence-corrected chi connectivity index (χ1v) is 10.1. The number of ether oxygens (including phenoxy) is 1. The number of fused-ring (bicyclic) bond motifs is 1. The van der Waals surface area contributed by atoms with Crippen molar-refractivity contribution >= 4 is 11.0 Å². The topological polar surface area (TPSA) is 27.1 Å².